The highest BCUT2D eigenvalue weighted by molar-refractivity contribution is 5.79. The highest BCUT2D eigenvalue weighted by Gasteiger charge is 2.52. The van der Waals surface area contributed by atoms with Gasteiger partial charge in [0.1, 0.15) is 0 Å². The molecular formula is C26H40N5+. The van der Waals surface area contributed by atoms with Crippen LogP contribution in [0.3, 0.4) is 0 Å². The van der Waals surface area contributed by atoms with Gasteiger partial charge in [0.15, 0.2) is 18.5 Å². The lowest BCUT2D eigenvalue weighted by Gasteiger charge is -2.58. The van der Waals surface area contributed by atoms with Gasteiger partial charge in [-0.1, -0.05) is 56.0 Å². The third-order valence-electron chi connectivity index (χ3n) is 8.55. The Labute approximate surface area is 187 Å². The molecule has 3 atom stereocenters. The zero-order valence-electron chi connectivity index (χ0n) is 20.1. The number of aryl methyl sites for hydroxylation is 1. The summed E-state index contributed by atoms with van der Waals surface area (Å²) in [6, 6.07) is 0. The Balaban J connectivity index is 1.47. The SMILES string of the molecule is C=C1CC[C@H]2C(C)(C)CCC[C@]2(C)[C@H]1CC/C(C)=C/Cn1c[n+](C)c2ncnc(N)c21. The number of nitrogens with two attached hydrogens (primary N) is 1. The van der Waals surface area contributed by atoms with Gasteiger partial charge in [0.05, 0.1) is 13.6 Å². The van der Waals surface area contributed by atoms with E-state index in [-0.39, 0.29) is 0 Å². The molecule has 0 radical (unpaired) electrons. The van der Waals surface area contributed by atoms with Crippen LogP contribution in [0, 0.1) is 22.7 Å². The van der Waals surface area contributed by atoms with E-state index in [0.717, 1.165) is 30.0 Å². The minimum atomic E-state index is 0.410. The number of anilines is 1. The molecule has 0 unspecified atom stereocenters. The smallest absolute Gasteiger partial charge is 0.307 e. The molecule has 0 aromatic carbocycles. The van der Waals surface area contributed by atoms with Crippen molar-refractivity contribution in [2.45, 2.75) is 79.2 Å². The fraction of sp³-hybridized carbons (Fsp3) is 0.654. The molecule has 0 amide bonds. The summed E-state index contributed by atoms with van der Waals surface area (Å²) in [6.45, 7) is 15.2. The van der Waals surface area contributed by atoms with Gasteiger partial charge >= 0.3 is 5.65 Å². The van der Waals surface area contributed by atoms with Gasteiger partial charge in [-0.2, -0.15) is 4.98 Å². The standard InChI is InChI=1S/C26H40N5/c1-18(12-15-31-17-30(6)24-22(31)23(27)28-16-29-24)8-10-20-19(2)9-11-21-25(3,4)13-7-14-26(20,21)5/h12,16-17,20-21H,2,7-11,13-15H2,1,3-6H3,(H2,27,28,29)/q+1/b18-12+/t20-,21-,26+/m0/s1. The molecular weight excluding hydrogens is 382 g/mol. The van der Waals surface area contributed by atoms with E-state index >= 15 is 0 Å². The molecule has 2 aliphatic carbocycles. The van der Waals surface area contributed by atoms with Gasteiger partial charge < -0.3 is 5.73 Å². The predicted molar refractivity (Wildman–Crippen MR) is 127 cm³/mol. The van der Waals surface area contributed by atoms with Gasteiger partial charge in [0.25, 0.3) is 0 Å². The topological polar surface area (TPSA) is 60.6 Å². The number of allylic oxidation sites excluding steroid dienone is 3. The Kier molecular flexibility index (Phi) is 5.74. The van der Waals surface area contributed by atoms with E-state index in [4.69, 9.17) is 5.73 Å². The number of aromatic nitrogens is 4. The van der Waals surface area contributed by atoms with E-state index in [2.05, 4.69) is 61.2 Å². The van der Waals surface area contributed by atoms with Crippen LogP contribution in [-0.2, 0) is 13.6 Å². The van der Waals surface area contributed by atoms with Gasteiger partial charge in [-0.3, -0.25) is 4.57 Å². The molecule has 2 aromatic rings. The summed E-state index contributed by atoms with van der Waals surface area (Å²) in [5.74, 6) is 2.00. The zero-order valence-corrected chi connectivity index (χ0v) is 20.1. The monoisotopic (exact) mass is 422 g/mol. The summed E-state index contributed by atoms with van der Waals surface area (Å²) in [5, 5.41) is 0. The summed E-state index contributed by atoms with van der Waals surface area (Å²) in [5.41, 5.74) is 11.7. The number of imidazole rings is 1. The van der Waals surface area contributed by atoms with Crippen LogP contribution in [0.15, 0.2) is 36.5 Å². The molecule has 0 saturated heterocycles. The fourth-order valence-corrected chi connectivity index (χ4v) is 6.91. The molecule has 2 aliphatic rings. The second-order valence-corrected chi connectivity index (χ2v) is 11.0. The molecule has 5 nitrogen and oxygen atoms in total. The Morgan fingerprint density at radius 2 is 2.10 bits per heavy atom. The first-order valence-corrected chi connectivity index (χ1v) is 11.9. The molecule has 2 heterocycles. The highest BCUT2D eigenvalue weighted by Crippen LogP contribution is 2.61. The molecule has 2 saturated carbocycles. The molecule has 2 aromatic heterocycles. The van der Waals surface area contributed by atoms with Gasteiger partial charge in [0, 0.05) is 0 Å². The number of nitrogen functional groups attached to an aromatic ring is 1. The molecule has 168 valence electrons. The minimum Gasteiger partial charge on any atom is -0.380 e. The third-order valence-corrected chi connectivity index (χ3v) is 8.55. The number of hydrogen-bond donors (Lipinski definition) is 1. The minimum absolute atomic E-state index is 0.410. The molecule has 0 bridgehead atoms. The molecule has 5 heteroatoms. The fourth-order valence-electron chi connectivity index (χ4n) is 6.91. The summed E-state index contributed by atoms with van der Waals surface area (Å²) < 4.78 is 4.16. The zero-order chi connectivity index (χ0) is 22.4. The van der Waals surface area contributed by atoms with Crippen molar-refractivity contribution in [2.75, 3.05) is 5.73 Å². The van der Waals surface area contributed by atoms with Crippen molar-refractivity contribution in [3.05, 3.63) is 36.5 Å². The highest BCUT2D eigenvalue weighted by atomic mass is 15.2. The molecule has 2 N–H and O–H groups in total. The van der Waals surface area contributed by atoms with Crippen LogP contribution in [0.4, 0.5) is 5.82 Å². The lowest BCUT2D eigenvalue weighted by Crippen LogP contribution is -2.49. The lowest BCUT2D eigenvalue weighted by molar-refractivity contribution is -0.647. The summed E-state index contributed by atoms with van der Waals surface area (Å²) in [4.78, 5) is 8.55. The maximum Gasteiger partial charge on any atom is 0.307 e. The number of rotatable bonds is 5. The van der Waals surface area contributed by atoms with Gasteiger partial charge in [-0.05, 0) is 68.1 Å². The summed E-state index contributed by atoms with van der Waals surface area (Å²) in [7, 11) is 2.00. The van der Waals surface area contributed by atoms with Crippen LogP contribution in [-0.4, -0.2) is 14.5 Å². The first-order chi connectivity index (χ1) is 14.6. The first-order valence-electron chi connectivity index (χ1n) is 11.9. The van der Waals surface area contributed by atoms with E-state index in [1.807, 2.05) is 11.6 Å². The van der Waals surface area contributed by atoms with Gasteiger partial charge in [-0.15, -0.1) is 0 Å². The average Bonchev–Trinajstić information content (AvgIpc) is 3.02. The van der Waals surface area contributed by atoms with Gasteiger partial charge in [0.2, 0.25) is 5.52 Å². The van der Waals surface area contributed by atoms with Crippen molar-refractivity contribution in [3.63, 3.8) is 0 Å². The number of hydrogen-bond acceptors (Lipinski definition) is 3. The van der Waals surface area contributed by atoms with Crippen LogP contribution in [0.1, 0.15) is 72.6 Å². The van der Waals surface area contributed by atoms with E-state index in [0.29, 0.717) is 22.6 Å². The summed E-state index contributed by atoms with van der Waals surface area (Å²) in [6.07, 6.45) is 14.9. The van der Waals surface area contributed by atoms with Crippen molar-refractivity contribution < 1.29 is 4.57 Å². The van der Waals surface area contributed by atoms with E-state index in [1.54, 1.807) is 0 Å². The molecule has 0 spiro atoms. The van der Waals surface area contributed by atoms with Crippen molar-refractivity contribution >= 4 is 17.0 Å². The van der Waals surface area contributed by atoms with E-state index in [9.17, 15) is 0 Å². The second-order valence-electron chi connectivity index (χ2n) is 11.0. The van der Waals surface area contributed by atoms with Crippen LogP contribution < -0.4 is 10.3 Å². The Bertz CT molecular complexity index is 1010. The second kappa shape index (κ2) is 8.07. The molecule has 4 rings (SSSR count). The molecule has 31 heavy (non-hydrogen) atoms. The van der Waals surface area contributed by atoms with Crippen molar-refractivity contribution in [3.8, 4) is 0 Å². The maximum absolute atomic E-state index is 6.13. The first kappa shape index (κ1) is 22.0. The predicted octanol–water partition coefficient (Wildman–Crippen LogP) is 5.36. The molecule has 0 aliphatic heterocycles. The maximum atomic E-state index is 6.13. The number of fused-ring (bicyclic) bond motifs is 2. The number of nitrogens with zero attached hydrogens (tertiary/aromatic N) is 4. The third kappa shape index (κ3) is 3.92. The quantitative estimate of drug-likeness (QED) is 0.521. The van der Waals surface area contributed by atoms with Crippen molar-refractivity contribution in [2.24, 2.45) is 29.7 Å². The average molecular weight is 423 g/mol. The van der Waals surface area contributed by atoms with Crippen molar-refractivity contribution in [1.82, 2.24) is 14.5 Å². The normalized spacial score (nSPS) is 28.7. The van der Waals surface area contributed by atoms with Crippen LogP contribution in [0.2, 0.25) is 0 Å². The van der Waals surface area contributed by atoms with Crippen LogP contribution >= 0.6 is 0 Å². The largest absolute Gasteiger partial charge is 0.380 e. The van der Waals surface area contributed by atoms with Crippen molar-refractivity contribution in [1.29, 1.82) is 0 Å². The lowest BCUT2D eigenvalue weighted by atomic mass is 9.47. The summed E-state index contributed by atoms with van der Waals surface area (Å²) >= 11 is 0. The Morgan fingerprint density at radius 1 is 1.32 bits per heavy atom. The van der Waals surface area contributed by atoms with Gasteiger partial charge in [-0.25, -0.2) is 4.57 Å². The van der Waals surface area contributed by atoms with Crippen LogP contribution in [0.25, 0.3) is 11.2 Å². The van der Waals surface area contributed by atoms with E-state index < -0.39 is 0 Å². The Morgan fingerprint density at radius 3 is 2.87 bits per heavy atom. The van der Waals surface area contributed by atoms with E-state index in [1.165, 1.54) is 56.0 Å². The Hall–Kier alpha value is -2.17. The molecule has 2 fully saturated rings. The van der Waals surface area contributed by atoms with Crippen LogP contribution in [0.5, 0.6) is 0 Å².